The summed E-state index contributed by atoms with van der Waals surface area (Å²) in [5, 5.41) is 7.60. The van der Waals surface area contributed by atoms with Crippen LogP contribution in [0.1, 0.15) is 31.2 Å². The highest BCUT2D eigenvalue weighted by Crippen LogP contribution is 2.34. The Bertz CT molecular complexity index is 1180. The zero-order valence-corrected chi connectivity index (χ0v) is 21.6. The summed E-state index contributed by atoms with van der Waals surface area (Å²) >= 11 is 0. The van der Waals surface area contributed by atoms with Gasteiger partial charge in [0.15, 0.2) is 0 Å². The monoisotopic (exact) mass is 493 g/mol. The summed E-state index contributed by atoms with van der Waals surface area (Å²) in [7, 11) is 8.75. The Morgan fingerprint density at radius 3 is 2.25 bits per heavy atom. The summed E-state index contributed by atoms with van der Waals surface area (Å²) in [6.45, 7) is 0.325. The lowest BCUT2D eigenvalue weighted by Gasteiger charge is -2.29. The number of nitrogens with one attached hydrogen (secondary N) is 2. The van der Waals surface area contributed by atoms with Crippen molar-refractivity contribution >= 4 is 28.6 Å². The van der Waals surface area contributed by atoms with Gasteiger partial charge in [-0.15, -0.1) is 0 Å². The lowest BCUT2D eigenvalue weighted by atomic mass is 9.85. The molecule has 0 unspecified atom stereocenters. The maximum atomic E-state index is 13.0. The quantitative estimate of drug-likeness (QED) is 0.462. The number of rotatable bonds is 9. The predicted molar refractivity (Wildman–Crippen MR) is 141 cm³/mol. The number of methoxy groups -OCH3 is 3. The van der Waals surface area contributed by atoms with E-state index in [1.807, 2.05) is 43.3 Å². The van der Waals surface area contributed by atoms with E-state index in [0.717, 1.165) is 48.0 Å². The van der Waals surface area contributed by atoms with Crippen molar-refractivity contribution in [3.05, 3.63) is 42.0 Å². The van der Waals surface area contributed by atoms with Crippen LogP contribution >= 0.6 is 0 Å². The van der Waals surface area contributed by atoms with Crippen LogP contribution in [0.2, 0.25) is 0 Å². The second-order valence-corrected chi connectivity index (χ2v) is 9.20. The van der Waals surface area contributed by atoms with E-state index in [1.165, 1.54) is 0 Å². The van der Waals surface area contributed by atoms with E-state index in [1.54, 1.807) is 33.5 Å². The first-order valence-corrected chi connectivity index (χ1v) is 12.2. The number of fused-ring (bicyclic) bond motifs is 1. The van der Waals surface area contributed by atoms with Gasteiger partial charge in [0.1, 0.15) is 23.1 Å². The maximum absolute atomic E-state index is 13.0. The molecule has 36 heavy (non-hydrogen) atoms. The third-order valence-electron chi connectivity index (χ3n) is 6.69. The summed E-state index contributed by atoms with van der Waals surface area (Å²) in [6, 6.07) is 11.8. The van der Waals surface area contributed by atoms with E-state index >= 15 is 0 Å². The highest BCUT2D eigenvalue weighted by molar-refractivity contribution is 5.90. The Kier molecular flexibility index (Phi) is 7.97. The summed E-state index contributed by atoms with van der Waals surface area (Å²) in [6.07, 6.45) is 3.35. The van der Waals surface area contributed by atoms with Crippen molar-refractivity contribution in [3.63, 3.8) is 0 Å². The van der Waals surface area contributed by atoms with Crippen molar-refractivity contribution in [2.75, 3.05) is 45.6 Å². The summed E-state index contributed by atoms with van der Waals surface area (Å²) in [4.78, 5) is 24.4. The third kappa shape index (κ3) is 5.56. The van der Waals surface area contributed by atoms with Gasteiger partial charge in [0, 0.05) is 43.6 Å². The van der Waals surface area contributed by atoms with Crippen LogP contribution in [-0.2, 0) is 11.3 Å². The molecule has 1 fully saturated rings. The minimum Gasteiger partial charge on any atom is -0.496 e. The molecule has 0 saturated heterocycles. The molecule has 9 heteroatoms. The van der Waals surface area contributed by atoms with Gasteiger partial charge in [0.05, 0.1) is 39.0 Å². The Morgan fingerprint density at radius 2 is 1.64 bits per heavy atom. The molecule has 1 heterocycles. The van der Waals surface area contributed by atoms with Crippen LogP contribution in [-0.4, -0.2) is 57.3 Å². The molecule has 9 nitrogen and oxygen atoms in total. The number of nitrogens with zero attached hydrogens (tertiary/aromatic N) is 3. The second-order valence-electron chi connectivity index (χ2n) is 9.20. The van der Waals surface area contributed by atoms with Crippen molar-refractivity contribution < 1.29 is 19.0 Å². The van der Waals surface area contributed by atoms with Crippen molar-refractivity contribution in [2.24, 2.45) is 5.92 Å². The Labute approximate surface area is 212 Å². The van der Waals surface area contributed by atoms with Crippen LogP contribution in [0.15, 0.2) is 36.4 Å². The minimum absolute atomic E-state index is 0.0341. The van der Waals surface area contributed by atoms with Gasteiger partial charge in [-0.1, -0.05) is 12.1 Å². The van der Waals surface area contributed by atoms with Crippen molar-refractivity contribution in [1.82, 2.24) is 15.3 Å². The van der Waals surface area contributed by atoms with Gasteiger partial charge in [-0.3, -0.25) is 4.79 Å². The molecule has 2 aromatic carbocycles. The molecule has 2 N–H and O–H groups in total. The lowest BCUT2D eigenvalue weighted by molar-refractivity contribution is -0.126. The van der Waals surface area contributed by atoms with Crippen LogP contribution < -0.4 is 29.7 Å². The average Bonchev–Trinajstić information content (AvgIpc) is 2.91. The SMILES string of the molecule is COc1cc(OC)c(CNC(=O)C2CCC(Nc3nc(N(C)C)c4ccccc4n3)CC2)c(OC)c1. The number of anilines is 2. The second kappa shape index (κ2) is 11.3. The van der Waals surface area contributed by atoms with E-state index in [2.05, 4.69) is 10.6 Å². The zero-order chi connectivity index (χ0) is 25.7. The number of hydrogen-bond donors (Lipinski definition) is 2. The number of aromatic nitrogens is 2. The first kappa shape index (κ1) is 25.3. The van der Waals surface area contributed by atoms with Crippen LogP contribution in [0.25, 0.3) is 10.9 Å². The lowest BCUT2D eigenvalue weighted by Crippen LogP contribution is -2.36. The van der Waals surface area contributed by atoms with E-state index in [-0.39, 0.29) is 17.9 Å². The van der Waals surface area contributed by atoms with Gasteiger partial charge in [-0.2, -0.15) is 4.98 Å². The highest BCUT2D eigenvalue weighted by atomic mass is 16.5. The van der Waals surface area contributed by atoms with Gasteiger partial charge in [-0.25, -0.2) is 4.98 Å². The van der Waals surface area contributed by atoms with Gasteiger partial charge >= 0.3 is 0 Å². The summed E-state index contributed by atoms with van der Waals surface area (Å²) in [5.41, 5.74) is 1.70. The molecule has 1 amide bonds. The Morgan fingerprint density at radius 1 is 0.972 bits per heavy atom. The van der Waals surface area contributed by atoms with Crippen molar-refractivity contribution in [1.29, 1.82) is 0 Å². The fourth-order valence-corrected chi connectivity index (χ4v) is 4.72. The maximum Gasteiger partial charge on any atom is 0.225 e. The van der Waals surface area contributed by atoms with Gasteiger partial charge in [-0.05, 0) is 37.8 Å². The van der Waals surface area contributed by atoms with Crippen LogP contribution in [0.5, 0.6) is 17.2 Å². The number of carbonyl (C=O) groups is 1. The van der Waals surface area contributed by atoms with Crippen LogP contribution in [0.4, 0.5) is 11.8 Å². The molecular weight excluding hydrogens is 458 g/mol. The van der Waals surface area contributed by atoms with Crippen LogP contribution in [0.3, 0.4) is 0 Å². The number of hydrogen-bond acceptors (Lipinski definition) is 8. The number of carbonyl (C=O) groups excluding carboxylic acids is 1. The number of benzene rings is 2. The molecule has 1 saturated carbocycles. The summed E-state index contributed by atoms with van der Waals surface area (Å²) in [5.74, 6) is 3.40. The van der Waals surface area contributed by atoms with Gasteiger partial charge in [0.2, 0.25) is 11.9 Å². The molecule has 1 aromatic heterocycles. The minimum atomic E-state index is -0.0341. The summed E-state index contributed by atoms with van der Waals surface area (Å²) < 4.78 is 16.3. The van der Waals surface area contributed by atoms with E-state index in [4.69, 9.17) is 24.2 Å². The van der Waals surface area contributed by atoms with E-state index in [9.17, 15) is 4.79 Å². The Balaban J connectivity index is 1.35. The van der Waals surface area contributed by atoms with E-state index in [0.29, 0.717) is 29.7 Å². The molecule has 1 aliphatic carbocycles. The number of amides is 1. The predicted octanol–water partition coefficient (Wildman–Crippen LogP) is 4.01. The fraction of sp³-hybridized carbons (Fsp3) is 0.444. The molecule has 4 rings (SSSR count). The van der Waals surface area contributed by atoms with Crippen LogP contribution in [0, 0.1) is 5.92 Å². The molecule has 1 aliphatic rings. The first-order valence-electron chi connectivity index (χ1n) is 12.2. The average molecular weight is 494 g/mol. The zero-order valence-electron chi connectivity index (χ0n) is 21.6. The van der Waals surface area contributed by atoms with Gasteiger partial charge < -0.3 is 29.7 Å². The first-order chi connectivity index (χ1) is 17.4. The largest absolute Gasteiger partial charge is 0.496 e. The highest BCUT2D eigenvalue weighted by Gasteiger charge is 2.27. The smallest absolute Gasteiger partial charge is 0.225 e. The standard InChI is InChI=1S/C27H35N5O4/c1-32(2)25-20-8-6-7-9-22(20)30-27(31-25)29-18-12-10-17(11-13-18)26(33)28-16-21-23(35-4)14-19(34-3)15-24(21)36-5/h6-9,14-15,17-18H,10-13,16H2,1-5H3,(H,28,33)(H,29,30,31). The van der Waals surface area contributed by atoms with Gasteiger partial charge in [0.25, 0.3) is 0 Å². The molecule has 3 aromatic rings. The third-order valence-corrected chi connectivity index (χ3v) is 6.69. The number of ether oxygens (including phenoxy) is 3. The molecule has 0 bridgehead atoms. The Hall–Kier alpha value is -3.75. The molecule has 192 valence electrons. The molecule has 0 atom stereocenters. The fourth-order valence-electron chi connectivity index (χ4n) is 4.72. The van der Waals surface area contributed by atoms with E-state index < -0.39 is 0 Å². The number of para-hydroxylation sites is 1. The topological polar surface area (TPSA) is 97.8 Å². The normalized spacial score (nSPS) is 17.4. The van der Waals surface area contributed by atoms with Crippen molar-refractivity contribution in [3.8, 4) is 17.2 Å². The molecule has 0 radical (unpaired) electrons. The van der Waals surface area contributed by atoms with Crippen molar-refractivity contribution in [2.45, 2.75) is 38.3 Å². The molecular formula is C27H35N5O4. The molecule has 0 spiro atoms. The molecule has 0 aliphatic heterocycles.